The molecule has 1 aromatic heterocycles. The summed E-state index contributed by atoms with van der Waals surface area (Å²) in [4.78, 5) is 2.82. The fourth-order valence-electron chi connectivity index (χ4n) is 4.36. The number of unbranched alkanes of at least 4 members (excludes halogenated alkanes) is 9. The second kappa shape index (κ2) is 12.6. The van der Waals surface area contributed by atoms with Gasteiger partial charge in [0.25, 0.3) is 0 Å². The van der Waals surface area contributed by atoms with Crippen molar-refractivity contribution in [1.29, 1.82) is 0 Å². The minimum Gasteiger partial charge on any atom is -0.505 e. The molecule has 0 saturated heterocycles. The zero-order valence-corrected chi connectivity index (χ0v) is 22.7. The van der Waals surface area contributed by atoms with E-state index in [0.717, 1.165) is 27.9 Å². The van der Waals surface area contributed by atoms with E-state index in [1.165, 1.54) is 69.1 Å². The molecule has 0 unspecified atom stereocenters. The van der Waals surface area contributed by atoms with Crippen LogP contribution in [0.4, 0.5) is 0 Å². The van der Waals surface area contributed by atoms with Crippen LogP contribution in [0.1, 0.15) is 103 Å². The summed E-state index contributed by atoms with van der Waals surface area (Å²) in [7, 11) is 0. The first-order valence-corrected chi connectivity index (χ1v) is 14.1. The molecule has 5 heteroatoms. The molecule has 0 atom stereocenters. The zero-order valence-electron chi connectivity index (χ0n) is 21.9. The van der Waals surface area contributed by atoms with Gasteiger partial charge in [0, 0.05) is 10.5 Å². The van der Waals surface area contributed by atoms with Crippen molar-refractivity contribution in [3.63, 3.8) is 0 Å². The number of hydrogen-bond donors (Lipinski definition) is 1. The van der Waals surface area contributed by atoms with Gasteiger partial charge in [-0.3, -0.25) is 0 Å². The molecule has 1 N–H and O–H groups in total. The van der Waals surface area contributed by atoms with Gasteiger partial charge in [-0.05, 0) is 54.3 Å². The number of benzene rings is 2. The van der Waals surface area contributed by atoms with Crippen molar-refractivity contribution >= 4 is 22.8 Å². The summed E-state index contributed by atoms with van der Waals surface area (Å²) in [6, 6.07) is 10.3. The first kappa shape index (κ1) is 26.6. The maximum atomic E-state index is 10.9. The summed E-state index contributed by atoms with van der Waals surface area (Å²) >= 11 is 1.90. The van der Waals surface area contributed by atoms with Gasteiger partial charge >= 0.3 is 0 Å². The predicted octanol–water partition coefficient (Wildman–Crippen LogP) is 8.75. The van der Waals surface area contributed by atoms with Crippen molar-refractivity contribution in [2.75, 3.05) is 5.75 Å². The summed E-state index contributed by atoms with van der Waals surface area (Å²) in [6.45, 7) is 10.6. The molecule has 0 bridgehead atoms. The van der Waals surface area contributed by atoms with Crippen LogP contribution in [0.3, 0.4) is 0 Å². The molecule has 1 heterocycles. The highest BCUT2D eigenvalue weighted by molar-refractivity contribution is 7.99. The number of thioether (sulfide) groups is 1. The van der Waals surface area contributed by atoms with Crippen LogP contribution in [0, 0.1) is 6.92 Å². The fraction of sp³-hybridized carbons (Fsp3) is 0.586. The Labute approximate surface area is 210 Å². The van der Waals surface area contributed by atoms with Gasteiger partial charge in [-0.25, -0.2) is 0 Å². The van der Waals surface area contributed by atoms with E-state index in [1.54, 1.807) is 4.80 Å². The van der Waals surface area contributed by atoms with Crippen molar-refractivity contribution in [1.82, 2.24) is 15.0 Å². The molecule has 0 aliphatic heterocycles. The van der Waals surface area contributed by atoms with E-state index in [4.69, 9.17) is 5.10 Å². The number of phenolic OH excluding ortho intramolecular Hbond substituents is 1. The van der Waals surface area contributed by atoms with E-state index in [1.807, 2.05) is 36.9 Å². The summed E-state index contributed by atoms with van der Waals surface area (Å²) in [5.41, 5.74) is 4.20. The first-order valence-electron chi connectivity index (χ1n) is 13.1. The third-order valence-electron chi connectivity index (χ3n) is 6.38. The second-order valence-corrected chi connectivity index (χ2v) is 11.8. The summed E-state index contributed by atoms with van der Waals surface area (Å²) < 4.78 is 0. The lowest BCUT2D eigenvalue weighted by molar-refractivity contribution is 0.440. The van der Waals surface area contributed by atoms with Gasteiger partial charge in [0.1, 0.15) is 22.5 Å². The van der Waals surface area contributed by atoms with E-state index in [9.17, 15) is 5.11 Å². The van der Waals surface area contributed by atoms with Crippen molar-refractivity contribution in [2.45, 2.75) is 109 Å². The van der Waals surface area contributed by atoms with Crippen LogP contribution in [0.2, 0.25) is 0 Å². The molecule has 3 aromatic rings. The highest BCUT2D eigenvalue weighted by Gasteiger charge is 2.22. The molecular formula is C29H43N3OS. The Kier molecular flexibility index (Phi) is 9.87. The number of fused-ring (bicyclic) bond motifs is 1. The number of hydrogen-bond acceptors (Lipinski definition) is 4. The smallest absolute Gasteiger partial charge is 0.146 e. The maximum absolute atomic E-state index is 10.9. The van der Waals surface area contributed by atoms with E-state index in [2.05, 4.69) is 44.9 Å². The third kappa shape index (κ3) is 7.49. The van der Waals surface area contributed by atoms with Gasteiger partial charge in [0.15, 0.2) is 0 Å². The first-order chi connectivity index (χ1) is 16.3. The van der Waals surface area contributed by atoms with Crippen molar-refractivity contribution in [3.8, 4) is 11.4 Å². The fourth-order valence-corrected chi connectivity index (χ4v) is 5.30. The summed E-state index contributed by atoms with van der Waals surface area (Å²) in [6.07, 6.45) is 13.7. The van der Waals surface area contributed by atoms with Gasteiger partial charge in [-0.1, -0.05) is 91.5 Å². The Balaban J connectivity index is 1.53. The van der Waals surface area contributed by atoms with Crippen molar-refractivity contribution in [3.05, 3.63) is 41.5 Å². The Hall–Kier alpha value is -2.01. The molecule has 0 amide bonds. The predicted molar refractivity (Wildman–Crippen MR) is 147 cm³/mol. The highest BCUT2D eigenvalue weighted by atomic mass is 32.2. The number of aromatic nitrogens is 3. The number of nitrogens with zero attached hydrogens (tertiary/aromatic N) is 3. The van der Waals surface area contributed by atoms with E-state index in [-0.39, 0.29) is 11.2 Å². The SMILES string of the molecule is CCCCCCCCCCCCSc1ccc2nn(-c3cc(C)cc(C(C)(C)C)c3O)nc2c1. The molecule has 2 aromatic carbocycles. The molecule has 0 fully saturated rings. The Morgan fingerprint density at radius 2 is 1.44 bits per heavy atom. The quantitative estimate of drug-likeness (QED) is 0.196. The van der Waals surface area contributed by atoms with Crippen LogP contribution in [0.5, 0.6) is 5.75 Å². The molecule has 0 aliphatic carbocycles. The molecule has 3 rings (SSSR count). The standard InChI is InChI=1S/C29H43N3OS/c1-6-7-8-9-10-11-12-13-14-15-18-34-23-16-17-25-26(21-23)31-32(30-25)27-20-22(2)19-24(28(27)33)29(3,4)5/h16-17,19-21,33H,6-15,18H2,1-5H3. The van der Waals surface area contributed by atoms with Gasteiger partial charge < -0.3 is 5.11 Å². The molecular weight excluding hydrogens is 438 g/mol. The molecule has 186 valence electrons. The van der Waals surface area contributed by atoms with Crippen LogP contribution in [-0.4, -0.2) is 25.9 Å². The average Bonchev–Trinajstić information content (AvgIpc) is 3.21. The molecule has 0 saturated carbocycles. The van der Waals surface area contributed by atoms with Crippen LogP contribution in [0.25, 0.3) is 16.7 Å². The average molecular weight is 482 g/mol. The minimum atomic E-state index is -0.157. The van der Waals surface area contributed by atoms with Crippen molar-refractivity contribution < 1.29 is 5.11 Å². The minimum absolute atomic E-state index is 0.157. The lowest BCUT2D eigenvalue weighted by atomic mass is 9.85. The molecule has 0 spiro atoms. The van der Waals surface area contributed by atoms with E-state index in [0.29, 0.717) is 5.69 Å². The largest absolute Gasteiger partial charge is 0.505 e. The number of aryl methyl sites for hydroxylation is 1. The van der Waals surface area contributed by atoms with Crippen LogP contribution < -0.4 is 0 Å². The number of rotatable bonds is 13. The summed E-state index contributed by atoms with van der Waals surface area (Å²) in [5.74, 6) is 1.40. The molecule has 34 heavy (non-hydrogen) atoms. The zero-order chi connectivity index (χ0) is 24.6. The molecule has 0 radical (unpaired) electrons. The van der Waals surface area contributed by atoms with Gasteiger partial charge in [0.2, 0.25) is 0 Å². The summed E-state index contributed by atoms with van der Waals surface area (Å²) in [5, 5.41) is 20.3. The van der Waals surface area contributed by atoms with Gasteiger partial charge in [0.05, 0.1) is 0 Å². The van der Waals surface area contributed by atoms with Crippen LogP contribution in [-0.2, 0) is 5.41 Å². The lowest BCUT2D eigenvalue weighted by Crippen LogP contribution is -2.13. The second-order valence-electron chi connectivity index (χ2n) is 10.6. The van der Waals surface area contributed by atoms with E-state index >= 15 is 0 Å². The topological polar surface area (TPSA) is 50.9 Å². The third-order valence-corrected chi connectivity index (χ3v) is 7.46. The van der Waals surface area contributed by atoms with Gasteiger partial charge in [-0.15, -0.1) is 26.8 Å². The Bertz CT molecular complexity index is 1050. The van der Waals surface area contributed by atoms with Crippen LogP contribution in [0.15, 0.2) is 35.2 Å². The van der Waals surface area contributed by atoms with Gasteiger partial charge in [-0.2, -0.15) is 0 Å². The number of aromatic hydroxyl groups is 1. The maximum Gasteiger partial charge on any atom is 0.146 e. The van der Waals surface area contributed by atoms with Crippen molar-refractivity contribution in [2.24, 2.45) is 0 Å². The number of phenols is 1. The Morgan fingerprint density at radius 1 is 0.824 bits per heavy atom. The van der Waals surface area contributed by atoms with Crippen LogP contribution >= 0.6 is 11.8 Å². The molecule has 4 nitrogen and oxygen atoms in total. The lowest BCUT2D eigenvalue weighted by Gasteiger charge is -2.22. The molecule has 0 aliphatic rings. The normalized spacial score (nSPS) is 12.0. The highest BCUT2D eigenvalue weighted by Crippen LogP contribution is 2.36. The Morgan fingerprint density at radius 3 is 2.09 bits per heavy atom. The monoisotopic (exact) mass is 481 g/mol. The van der Waals surface area contributed by atoms with E-state index < -0.39 is 0 Å².